The second-order valence-electron chi connectivity index (χ2n) is 4.75. The number of phenols is 1. The van der Waals surface area contributed by atoms with Crippen LogP contribution in [0.15, 0.2) is 46.9 Å². The molecule has 0 aliphatic rings. The molecule has 2 aromatic rings. The molecule has 2 rings (SSSR count). The van der Waals surface area contributed by atoms with Gasteiger partial charge in [0.15, 0.2) is 0 Å². The van der Waals surface area contributed by atoms with Gasteiger partial charge in [0.05, 0.1) is 4.47 Å². The van der Waals surface area contributed by atoms with E-state index in [2.05, 4.69) is 15.9 Å². The molecule has 1 amide bonds. The van der Waals surface area contributed by atoms with E-state index < -0.39 is 0 Å². The van der Waals surface area contributed by atoms with E-state index in [4.69, 9.17) is 0 Å². The normalized spacial score (nSPS) is 10.3. The topological polar surface area (TPSA) is 40.5 Å². The number of benzene rings is 2. The molecule has 104 valence electrons. The molecule has 0 aliphatic carbocycles. The molecule has 2 aromatic carbocycles. The highest BCUT2D eigenvalue weighted by molar-refractivity contribution is 9.10. The molecule has 0 fully saturated rings. The van der Waals surface area contributed by atoms with Gasteiger partial charge in [-0.2, -0.15) is 0 Å². The van der Waals surface area contributed by atoms with Crippen molar-refractivity contribution in [3.63, 3.8) is 0 Å². The van der Waals surface area contributed by atoms with Gasteiger partial charge in [0.25, 0.3) is 5.91 Å². The van der Waals surface area contributed by atoms with Crippen molar-refractivity contribution in [3.05, 3.63) is 63.6 Å². The van der Waals surface area contributed by atoms with Crippen LogP contribution in [0.3, 0.4) is 0 Å². The van der Waals surface area contributed by atoms with Crippen LogP contribution in [0.2, 0.25) is 0 Å². The number of phenolic OH excluding ortho intramolecular Hbond substituents is 1. The number of rotatable bonds is 3. The van der Waals surface area contributed by atoms with E-state index in [0.29, 0.717) is 16.6 Å². The van der Waals surface area contributed by atoms with Crippen LogP contribution in [0.1, 0.15) is 21.5 Å². The zero-order valence-corrected chi connectivity index (χ0v) is 13.0. The summed E-state index contributed by atoms with van der Waals surface area (Å²) in [6.07, 6.45) is 0. The van der Waals surface area contributed by atoms with Crippen LogP contribution in [-0.2, 0) is 6.54 Å². The average molecular weight is 334 g/mol. The van der Waals surface area contributed by atoms with Crippen LogP contribution in [0.5, 0.6) is 5.75 Å². The number of amides is 1. The molecule has 0 radical (unpaired) electrons. The van der Waals surface area contributed by atoms with Gasteiger partial charge in [-0.15, -0.1) is 0 Å². The molecule has 0 aromatic heterocycles. The van der Waals surface area contributed by atoms with Crippen LogP contribution < -0.4 is 0 Å². The average Bonchev–Trinajstić information content (AvgIpc) is 2.43. The minimum absolute atomic E-state index is 0.0696. The van der Waals surface area contributed by atoms with Gasteiger partial charge in [0.2, 0.25) is 0 Å². The minimum atomic E-state index is -0.115. The summed E-state index contributed by atoms with van der Waals surface area (Å²) in [4.78, 5) is 14.0. The van der Waals surface area contributed by atoms with Crippen LogP contribution in [0.25, 0.3) is 0 Å². The van der Waals surface area contributed by atoms with Crippen molar-refractivity contribution < 1.29 is 9.90 Å². The molecule has 1 N–H and O–H groups in total. The molecule has 0 unspecified atom stereocenters. The maximum Gasteiger partial charge on any atom is 0.254 e. The predicted octanol–water partition coefficient (Wildman–Crippen LogP) is 3.74. The van der Waals surface area contributed by atoms with Crippen molar-refractivity contribution in [2.75, 3.05) is 7.05 Å². The van der Waals surface area contributed by atoms with Gasteiger partial charge in [-0.05, 0) is 52.2 Å². The Morgan fingerprint density at radius 2 is 1.95 bits per heavy atom. The summed E-state index contributed by atoms with van der Waals surface area (Å²) in [7, 11) is 1.76. The summed E-state index contributed by atoms with van der Waals surface area (Å²) in [5, 5.41) is 9.65. The van der Waals surface area contributed by atoms with Crippen LogP contribution in [0.4, 0.5) is 0 Å². The van der Waals surface area contributed by atoms with Gasteiger partial charge in [-0.1, -0.05) is 24.3 Å². The minimum Gasteiger partial charge on any atom is -0.507 e. The van der Waals surface area contributed by atoms with E-state index in [1.165, 1.54) is 6.07 Å². The number of carbonyl (C=O) groups excluding carboxylic acids is 1. The fraction of sp³-hybridized carbons (Fsp3) is 0.188. The highest BCUT2D eigenvalue weighted by Crippen LogP contribution is 2.25. The molecule has 0 atom stereocenters. The molecule has 0 aliphatic heterocycles. The van der Waals surface area contributed by atoms with E-state index in [0.717, 1.165) is 11.1 Å². The van der Waals surface area contributed by atoms with E-state index in [1.54, 1.807) is 24.1 Å². The lowest BCUT2D eigenvalue weighted by molar-refractivity contribution is 0.0784. The fourth-order valence-corrected chi connectivity index (χ4v) is 2.23. The van der Waals surface area contributed by atoms with Crippen molar-refractivity contribution in [1.29, 1.82) is 0 Å². The third kappa shape index (κ3) is 3.20. The second kappa shape index (κ2) is 6.09. The number of hydrogen-bond donors (Lipinski definition) is 1. The van der Waals surface area contributed by atoms with Crippen LogP contribution >= 0.6 is 15.9 Å². The Bertz CT molecular complexity index is 640. The molecule has 0 bridgehead atoms. The number of hydrogen-bond acceptors (Lipinski definition) is 2. The molecule has 0 saturated carbocycles. The lowest BCUT2D eigenvalue weighted by atomic mass is 10.1. The summed E-state index contributed by atoms with van der Waals surface area (Å²) in [5.41, 5.74) is 2.75. The number of carbonyl (C=O) groups is 1. The van der Waals surface area contributed by atoms with Gasteiger partial charge in [0.1, 0.15) is 5.75 Å². The Morgan fingerprint density at radius 1 is 1.25 bits per heavy atom. The van der Waals surface area contributed by atoms with Crippen LogP contribution in [-0.4, -0.2) is 23.0 Å². The highest BCUT2D eigenvalue weighted by Gasteiger charge is 2.14. The molecule has 20 heavy (non-hydrogen) atoms. The first-order chi connectivity index (χ1) is 9.49. The number of halogens is 1. The predicted molar refractivity (Wildman–Crippen MR) is 82.8 cm³/mol. The number of aryl methyl sites for hydroxylation is 1. The summed E-state index contributed by atoms with van der Waals surface area (Å²) in [6.45, 7) is 2.57. The first-order valence-electron chi connectivity index (χ1n) is 6.27. The van der Waals surface area contributed by atoms with E-state index >= 15 is 0 Å². The number of nitrogens with zero attached hydrogens (tertiary/aromatic N) is 1. The third-order valence-electron chi connectivity index (χ3n) is 3.21. The Kier molecular flexibility index (Phi) is 4.45. The van der Waals surface area contributed by atoms with Gasteiger partial charge in [0, 0.05) is 19.2 Å². The van der Waals surface area contributed by atoms with Crippen molar-refractivity contribution in [1.82, 2.24) is 4.90 Å². The standard InChI is InChI=1S/C16H16BrNO2/c1-11-5-3-4-6-13(11)10-18(2)16(20)12-7-8-14(17)15(19)9-12/h3-9,19H,10H2,1-2H3. The van der Waals surface area contributed by atoms with Gasteiger partial charge in [-0.25, -0.2) is 0 Å². The van der Waals surface area contributed by atoms with E-state index in [1.807, 2.05) is 31.2 Å². The molecule has 4 heteroatoms. The van der Waals surface area contributed by atoms with Crippen molar-refractivity contribution >= 4 is 21.8 Å². The largest absolute Gasteiger partial charge is 0.507 e. The Balaban J connectivity index is 2.16. The lowest BCUT2D eigenvalue weighted by Gasteiger charge is -2.18. The summed E-state index contributed by atoms with van der Waals surface area (Å²) in [5.74, 6) is -0.0452. The summed E-state index contributed by atoms with van der Waals surface area (Å²) < 4.78 is 0.579. The maximum absolute atomic E-state index is 12.3. The third-order valence-corrected chi connectivity index (χ3v) is 3.88. The smallest absolute Gasteiger partial charge is 0.254 e. The van der Waals surface area contributed by atoms with Crippen LogP contribution in [0, 0.1) is 6.92 Å². The summed E-state index contributed by atoms with van der Waals surface area (Å²) >= 11 is 3.20. The van der Waals surface area contributed by atoms with Gasteiger partial charge >= 0.3 is 0 Å². The molecular weight excluding hydrogens is 318 g/mol. The van der Waals surface area contributed by atoms with E-state index in [-0.39, 0.29) is 11.7 Å². The Morgan fingerprint density at radius 3 is 2.60 bits per heavy atom. The zero-order chi connectivity index (χ0) is 14.7. The zero-order valence-electron chi connectivity index (χ0n) is 11.4. The van der Waals surface area contributed by atoms with Crippen molar-refractivity contribution in [2.45, 2.75) is 13.5 Å². The maximum atomic E-state index is 12.3. The molecule has 0 heterocycles. The van der Waals surface area contributed by atoms with Crippen molar-refractivity contribution in [3.8, 4) is 5.75 Å². The lowest BCUT2D eigenvalue weighted by Crippen LogP contribution is -2.26. The monoisotopic (exact) mass is 333 g/mol. The second-order valence-corrected chi connectivity index (χ2v) is 5.61. The van der Waals surface area contributed by atoms with Crippen molar-refractivity contribution in [2.24, 2.45) is 0 Å². The Labute approximate surface area is 127 Å². The van der Waals surface area contributed by atoms with Gasteiger partial charge < -0.3 is 10.0 Å². The first-order valence-corrected chi connectivity index (χ1v) is 7.07. The highest BCUT2D eigenvalue weighted by atomic mass is 79.9. The quantitative estimate of drug-likeness (QED) is 0.929. The molecular formula is C16H16BrNO2. The van der Waals surface area contributed by atoms with Gasteiger partial charge in [-0.3, -0.25) is 4.79 Å². The summed E-state index contributed by atoms with van der Waals surface area (Å²) in [6, 6.07) is 12.8. The fourth-order valence-electron chi connectivity index (χ4n) is 1.98. The van der Waals surface area contributed by atoms with E-state index in [9.17, 15) is 9.90 Å². The molecule has 3 nitrogen and oxygen atoms in total. The SMILES string of the molecule is Cc1ccccc1CN(C)C(=O)c1ccc(Br)c(O)c1. The first kappa shape index (κ1) is 14.6. The Hall–Kier alpha value is -1.81. The number of aromatic hydroxyl groups is 1. The molecule has 0 saturated heterocycles. The molecule has 0 spiro atoms.